The van der Waals surface area contributed by atoms with Gasteiger partial charge in [-0.25, -0.2) is 21.9 Å². The fourth-order valence-corrected chi connectivity index (χ4v) is 5.56. The maximum atomic E-state index is 13.5. The third-order valence-corrected chi connectivity index (χ3v) is 8.05. The van der Waals surface area contributed by atoms with E-state index in [4.69, 9.17) is 0 Å². The van der Waals surface area contributed by atoms with Gasteiger partial charge in [0, 0.05) is 26.1 Å². The minimum absolute atomic E-state index is 0.0431. The van der Waals surface area contributed by atoms with Crippen LogP contribution in [0.5, 0.6) is 0 Å². The van der Waals surface area contributed by atoms with Crippen molar-refractivity contribution in [2.24, 2.45) is 13.0 Å². The number of rotatable bonds is 5. The Morgan fingerprint density at radius 3 is 2.29 bits per heavy atom. The van der Waals surface area contributed by atoms with Crippen LogP contribution in [0, 0.1) is 24.5 Å². The first-order chi connectivity index (χ1) is 16.1. The largest absolute Gasteiger partial charge is 0.320 e. The third kappa shape index (κ3) is 4.28. The molecule has 1 saturated heterocycles. The molecule has 1 N–H and O–H groups in total. The average molecular weight is 491 g/mol. The maximum Gasteiger partial charge on any atom is 0.295 e. The molecule has 0 unspecified atom stereocenters. The Morgan fingerprint density at radius 2 is 1.68 bits per heavy atom. The molecular weight excluding hydrogens is 466 g/mol. The van der Waals surface area contributed by atoms with Crippen LogP contribution in [0.15, 0.2) is 58.2 Å². The topological polar surface area (TPSA) is 93.4 Å². The maximum absolute atomic E-state index is 13.5. The van der Waals surface area contributed by atoms with E-state index in [1.54, 1.807) is 30.8 Å². The van der Waals surface area contributed by atoms with Gasteiger partial charge in [-0.2, -0.15) is 4.31 Å². The van der Waals surface area contributed by atoms with Gasteiger partial charge in [-0.05, 0) is 50.1 Å². The van der Waals surface area contributed by atoms with Gasteiger partial charge >= 0.3 is 0 Å². The molecule has 1 aromatic heterocycles. The average Bonchev–Trinajstić information content (AvgIpc) is 3.04. The first-order valence-corrected chi connectivity index (χ1v) is 12.2. The summed E-state index contributed by atoms with van der Waals surface area (Å²) in [5.41, 5.74) is 1.06. The third-order valence-electron chi connectivity index (χ3n) is 6.16. The van der Waals surface area contributed by atoms with Crippen LogP contribution >= 0.6 is 0 Å². The van der Waals surface area contributed by atoms with E-state index in [9.17, 15) is 26.8 Å². The first kappa shape index (κ1) is 23.8. The number of para-hydroxylation sites is 1. The number of halogens is 2. The lowest BCUT2D eigenvalue weighted by Gasteiger charge is -2.30. The van der Waals surface area contributed by atoms with Crippen molar-refractivity contribution in [1.82, 2.24) is 13.7 Å². The molecule has 1 aliphatic rings. The number of carbonyl (C=O) groups excluding carboxylic acids is 1. The second kappa shape index (κ2) is 9.15. The van der Waals surface area contributed by atoms with E-state index in [1.807, 2.05) is 18.2 Å². The highest BCUT2D eigenvalue weighted by molar-refractivity contribution is 7.89. The van der Waals surface area contributed by atoms with Crippen molar-refractivity contribution < 1.29 is 22.0 Å². The van der Waals surface area contributed by atoms with E-state index in [-0.39, 0.29) is 48.0 Å². The smallest absolute Gasteiger partial charge is 0.295 e. The fraction of sp³-hybridized carbons (Fsp3) is 0.304. The molecule has 180 valence electrons. The van der Waals surface area contributed by atoms with Gasteiger partial charge in [0.1, 0.15) is 5.69 Å². The molecule has 1 amide bonds. The Kier molecular flexibility index (Phi) is 6.41. The van der Waals surface area contributed by atoms with E-state index < -0.39 is 27.6 Å². The molecule has 2 heterocycles. The number of sulfonamides is 1. The van der Waals surface area contributed by atoms with Crippen LogP contribution in [-0.4, -0.2) is 41.1 Å². The zero-order chi connectivity index (χ0) is 24.6. The number of benzene rings is 2. The van der Waals surface area contributed by atoms with Gasteiger partial charge in [-0.1, -0.05) is 18.2 Å². The highest BCUT2D eigenvalue weighted by atomic mass is 32.2. The molecule has 0 bridgehead atoms. The summed E-state index contributed by atoms with van der Waals surface area (Å²) in [5.74, 6) is -3.23. The molecule has 0 aliphatic carbocycles. The molecule has 0 saturated carbocycles. The summed E-state index contributed by atoms with van der Waals surface area (Å²) < 4.78 is 56.5. The molecule has 4 rings (SSSR count). The number of carbonyl (C=O) groups is 1. The van der Waals surface area contributed by atoms with Crippen LogP contribution in [0.1, 0.15) is 18.5 Å². The quantitative estimate of drug-likeness (QED) is 0.595. The van der Waals surface area contributed by atoms with Gasteiger partial charge in [-0.15, -0.1) is 0 Å². The van der Waals surface area contributed by atoms with Crippen LogP contribution in [0.4, 0.5) is 14.5 Å². The normalized spacial score (nSPS) is 15.4. The van der Waals surface area contributed by atoms with Crippen LogP contribution in [0.3, 0.4) is 0 Å². The Hall–Kier alpha value is -3.31. The van der Waals surface area contributed by atoms with E-state index in [0.29, 0.717) is 17.4 Å². The highest BCUT2D eigenvalue weighted by Gasteiger charge is 2.33. The summed E-state index contributed by atoms with van der Waals surface area (Å²) in [6, 6.07) is 11.5. The minimum Gasteiger partial charge on any atom is -0.320 e. The van der Waals surface area contributed by atoms with E-state index in [0.717, 1.165) is 16.4 Å². The van der Waals surface area contributed by atoms with Crippen LogP contribution < -0.4 is 10.9 Å². The Balaban J connectivity index is 1.47. The summed E-state index contributed by atoms with van der Waals surface area (Å²) in [5, 5.41) is 2.73. The van der Waals surface area contributed by atoms with Gasteiger partial charge in [0.15, 0.2) is 11.6 Å². The van der Waals surface area contributed by atoms with E-state index in [2.05, 4.69) is 5.32 Å². The summed E-state index contributed by atoms with van der Waals surface area (Å²) in [4.78, 5) is 25.6. The SMILES string of the molecule is Cc1c(NC(=O)C2CCN(S(=O)(=O)c3ccc(F)c(F)c3)CC2)c(=O)n(-c2ccccc2)n1C. The number of amides is 1. The van der Waals surface area contributed by atoms with Crippen molar-refractivity contribution >= 4 is 21.6 Å². The summed E-state index contributed by atoms with van der Waals surface area (Å²) >= 11 is 0. The fourth-order valence-electron chi connectivity index (χ4n) is 4.08. The summed E-state index contributed by atoms with van der Waals surface area (Å²) in [6.45, 7) is 1.82. The van der Waals surface area contributed by atoms with Crippen molar-refractivity contribution in [3.8, 4) is 5.69 Å². The molecule has 11 heteroatoms. The zero-order valence-corrected chi connectivity index (χ0v) is 19.5. The van der Waals surface area contributed by atoms with Crippen molar-refractivity contribution in [3.05, 3.63) is 76.2 Å². The lowest BCUT2D eigenvalue weighted by atomic mass is 9.97. The molecule has 1 fully saturated rings. The van der Waals surface area contributed by atoms with Crippen LogP contribution in [-0.2, 0) is 21.9 Å². The predicted octanol–water partition coefficient (Wildman–Crippen LogP) is 2.80. The summed E-state index contributed by atoms with van der Waals surface area (Å²) in [7, 11) is -2.29. The molecule has 3 aromatic rings. The predicted molar refractivity (Wildman–Crippen MR) is 122 cm³/mol. The van der Waals surface area contributed by atoms with Gasteiger partial charge < -0.3 is 5.32 Å². The molecule has 0 spiro atoms. The number of anilines is 1. The molecule has 0 radical (unpaired) electrons. The standard InChI is InChI=1S/C23H24F2N4O4S/c1-15-21(23(31)29(27(15)2)17-6-4-3-5-7-17)26-22(30)16-10-12-28(13-11-16)34(32,33)18-8-9-19(24)20(25)14-18/h3-9,14,16H,10-13H2,1-2H3,(H,26,30). The van der Waals surface area contributed by atoms with Crippen LogP contribution in [0.25, 0.3) is 5.69 Å². The highest BCUT2D eigenvalue weighted by Crippen LogP contribution is 2.26. The number of nitrogens with one attached hydrogen (secondary N) is 1. The van der Waals surface area contributed by atoms with Crippen molar-refractivity contribution in [1.29, 1.82) is 0 Å². The monoisotopic (exact) mass is 490 g/mol. The van der Waals surface area contributed by atoms with Gasteiger partial charge in [-0.3, -0.25) is 14.3 Å². The molecule has 1 aliphatic heterocycles. The molecule has 2 aromatic carbocycles. The van der Waals surface area contributed by atoms with Crippen LogP contribution in [0.2, 0.25) is 0 Å². The second-order valence-electron chi connectivity index (χ2n) is 8.18. The van der Waals surface area contributed by atoms with Crippen molar-refractivity contribution in [3.63, 3.8) is 0 Å². The molecule has 8 nitrogen and oxygen atoms in total. The van der Waals surface area contributed by atoms with Gasteiger partial charge in [0.2, 0.25) is 15.9 Å². The van der Waals surface area contributed by atoms with E-state index >= 15 is 0 Å². The molecular formula is C23H24F2N4O4S. The number of piperidine rings is 1. The molecule has 0 atom stereocenters. The number of aromatic nitrogens is 2. The van der Waals surface area contributed by atoms with Crippen molar-refractivity contribution in [2.75, 3.05) is 18.4 Å². The lowest BCUT2D eigenvalue weighted by Crippen LogP contribution is -2.41. The summed E-state index contributed by atoms with van der Waals surface area (Å²) in [6.07, 6.45) is 0.459. The number of hydrogen-bond donors (Lipinski definition) is 1. The lowest BCUT2D eigenvalue weighted by molar-refractivity contribution is -0.120. The van der Waals surface area contributed by atoms with Gasteiger partial charge in [0.05, 0.1) is 16.3 Å². The first-order valence-electron chi connectivity index (χ1n) is 10.7. The Morgan fingerprint density at radius 1 is 1.03 bits per heavy atom. The minimum atomic E-state index is -4.02. The van der Waals surface area contributed by atoms with Gasteiger partial charge in [0.25, 0.3) is 5.56 Å². The Labute approximate surface area is 195 Å². The molecule has 34 heavy (non-hydrogen) atoms. The number of hydrogen-bond acceptors (Lipinski definition) is 4. The van der Waals surface area contributed by atoms with Crippen molar-refractivity contribution in [2.45, 2.75) is 24.7 Å². The van der Waals surface area contributed by atoms with E-state index in [1.165, 1.54) is 4.68 Å². The second-order valence-corrected chi connectivity index (χ2v) is 10.1. The zero-order valence-electron chi connectivity index (χ0n) is 18.7. The Bertz CT molecular complexity index is 1390. The number of nitrogens with zero attached hydrogens (tertiary/aromatic N) is 3.